The van der Waals surface area contributed by atoms with Gasteiger partial charge in [-0.1, -0.05) is 6.92 Å². The van der Waals surface area contributed by atoms with Crippen molar-refractivity contribution in [3.8, 4) is 0 Å². The Balaban J connectivity index is 1.77. The van der Waals surface area contributed by atoms with Gasteiger partial charge in [0.05, 0.1) is 10.5 Å². The lowest BCUT2D eigenvalue weighted by atomic mass is 9.97. The number of non-ortho nitro benzene ring substituents is 1. The molecule has 1 aliphatic heterocycles. The van der Waals surface area contributed by atoms with Gasteiger partial charge in [0.1, 0.15) is 0 Å². The van der Waals surface area contributed by atoms with E-state index in [1.165, 1.54) is 24.3 Å². The molecule has 0 spiro atoms. The van der Waals surface area contributed by atoms with E-state index in [4.69, 9.17) is 4.74 Å². The van der Waals surface area contributed by atoms with Crippen LogP contribution in [0.4, 0.5) is 17.1 Å². The van der Waals surface area contributed by atoms with E-state index in [9.17, 15) is 19.7 Å². The minimum absolute atomic E-state index is 0.0833. The van der Waals surface area contributed by atoms with Crippen molar-refractivity contribution >= 4 is 28.9 Å². The molecule has 0 unspecified atom stereocenters. The predicted molar refractivity (Wildman–Crippen MR) is 132 cm³/mol. The molecule has 34 heavy (non-hydrogen) atoms. The van der Waals surface area contributed by atoms with E-state index in [1.54, 1.807) is 12.1 Å². The van der Waals surface area contributed by atoms with E-state index < -0.39 is 10.8 Å². The highest BCUT2D eigenvalue weighted by molar-refractivity contribution is 6.06. The zero-order valence-corrected chi connectivity index (χ0v) is 19.7. The lowest BCUT2D eigenvalue weighted by molar-refractivity contribution is -0.384. The molecule has 0 aromatic heterocycles. The van der Waals surface area contributed by atoms with Crippen molar-refractivity contribution in [3.63, 3.8) is 0 Å². The molecular weight excluding hydrogens is 436 g/mol. The molecule has 1 aliphatic rings. The maximum atomic E-state index is 13.1. The molecule has 1 saturated heterocycles. The Labute approximate surface area is 199 Å². The molecular formula is C25H32N4O5. The fourth-order valence-electron chi connectivity index (χ4n) is 3.87. The van der Waals surface area contributed by atoms with Crippen LogP contribution in [0.5, 0.6) is 0 Å². The predicted octanol–water partition coefficient (Wildman–Crippen LogP) is 4.24. The van der Waals surface area contributed by atoms with E-state index >= 15 is 0 Å². The lowest BCUT2D eigenvalue weighted by Crippen LogP contribution is -2.35. The second-order valence-electron chi connectivity index (χ2n) is 8.47. The van der Waals surface area contributed by atoms with Crippen LogP contribution in [-0.4, -0.2) is 49.6 Å². The number of nitrogens with one attached hydrogen (secondary N) is 2. The monoisotopic (exact) mass is 468 g/mol. The first-order chi connectivity index (χ1) is 16.4. The quantitative estimate of drug-likeness (QED) is 0.306. The van der Waals surface area contributed by atoms with Gasteiger partial charge in [-0.3, -0.25) is 19.7 Å². The summed E-state index contributed by atoms with van der Waals surface area (Å²) in [5.74, 6) is 0.0569. The van der Waals surface area contributed by atoms with E-state index in [2.05, 4.69) is 22.5 Å². The van der Waals surface area contributed by atoms with Crippen LogP contribution in [0.1, 0.15) is 53.8 Å². The third-order valence-electron chi connectivity index (χ3n) is 5.92. The molecule has 0 saturated carbocycles. The van der Waals surface area contributed by atoms with Gasteiger partial charge in [-0.25, -0.2) is 0 Å². The molecule has 2 aromatic rings. The van der Waals surface area contributed by atoms with Crippen LogP contribution in [0.15, 0.2) is 42.5 Å². The zero-order valence-electron chi connectivity index (χ0n) is 19.7. The number of rotatable bonds is 10. The third kappa shape index (κ3) is 6.77. The van der Waals surface area contributed by atoms with Crippen molar-refractivity contribution in [1.82, 2.24) is 5.32 Å². The fraction of sp³-hybridized carbons (Fsp3) is 0.440. The molecule has 1 fully saturated rings. The van der Waals surface area contributed by atoms with Crippen molar-refractivity contribution in [2.75, 3.05) is 43.1 Å². The first-order valence-corrected chi connectivity index (χ1v) is 11.7. The average molecular weight is 469 g/mol. The van der Waals surface area contributed by atoms with E-state index in [-0.39, 0.29) is 11.6 Å². The summed E-state index contributed by atoms with van der Waals surface area (Å²) in [5.41, 5.74) is 2.05. The summed E-state index contributed by atoms with van der Waals surface area (Å²) < 4.78 is 5.33. The molecule has 9 heteroatoms. The van der Waals surface area contributed by atoms with Crippen LogP contribution in [0.2, 0.25) is 0 Å². The maximum Gasteiger partial charge on any atom is 0.269 e. The van der Waals surface area contributed by atoms with Crippen molar-refractivity contribution in [1.29, 1.82) is 0 Å². The van der Waals surface area contributed by atoms with Crippen LogP contribution < -0.4 is 15.5 Å². The Morgan fingerprint density at radius 1 is 1.12 bits per heavy atom. The van der Waals surface area contributed by atoms with E-state index in [0.717, 1.165) is 31.6 Å². The van der Waals surface area contributed by atoms with Gasteiger partial charge in [-0.15, -0.1) is 0 Å². The number of nitro groups is 1. The van der Waals surface area contributed by atoms with Gasteiger partial charge in [-0.05, 0) is 62.4 Å². The molecule has 0 atom stereocenters. The smallest absolute Gasteiger partial charge is 0.269 e. The van der Waals surface area contributed by atoms with Gasteiger partial charge < -0.3 is 20.3 Å². The van der Waals surface area contributed by atoms with Crippen molar-refractivity contribution in [3.05, 3.63) is 63.7 Å². The van der Waals surface area contributed by atoms with Crippen molar-refractivity contribution in [2.24, 2.45) is 5.92 Å². The normalized spacial score (nSPS) is 14.0. The number of benzene rings is 2. The number of carbonyl (C=O) groups excluding carboxylic acids is 2. The molecule has 0 bridgehead atoms. The van der Waals surface area contributed by atoms with Gasteiger partial charge in [0.2, 0.25) is 0 Å². The Morgan fingerprint density at radius 3 is 2.47 bits per heavy atom. The number of ether oxygens (including phenoxy) is 1. The highest BCUT2D eigenvalue weighted by atomic mass is 16.6. The summed E-state index contributed by atoms with van der Waals surface area (Å²) >= 11 is 0. The van der Waals surface area contributed by atoms with Crippen molar-refractivity contribution in [2.45, 2.75) is 33.1 Å². The SMILES string of the molecule is CCOCCCNC(=O)c1cc(NC(=O)c2ccc([N+](=O)[O-])cc2)ccc1N1CCC(C)CC1. The van der Waals surface area contributed by atoms with Gasteiger partial charge in [-0.2, -0.15) is 0 Å². The number of hydrogen-bond donors (Lipinski definition) is 2. The first kappa shape index (κ1) is 25.2. The largest absolute Gasteiger partial charge is 0.382 e. The second kappa shape index (κ2) is 12.1. The molecule has 182 valence electrons. The standard InChI is InChI=1S/C25H32N4O5/c1-3-34-16-4-13-26-25(31)22-17-20(7-10-23(22)28-14-11-18(2)12-15-28)27-24(30)19-5-8-21(9-6-19)29(32)33/h5-10,17-18H,3-4,11-16H2,1-2H3,(H,26,31)(H,27,30). The van der Waals surface area contributed by atoms with Crippen LogP contribution >= 0.6 is 0 Å². The Kier molecular flexibility index (Phi) is 8.98. The molecule has 2 aromatic carbocycles. The summed E-state index contributed by atoms with van der Waals surface area (Å²) in [7, 11) is 0. The lowest BCUT2D eigenvalue weighted by Gasteiger charge is -2.33. The summed E-state index contributed by atoms with van der Waals surface area (Å²) in [6.45, 7) is 7.64. The highest BCUT2D eigenvalue weighted by Gasteiger charge is 2.22. The summed E-state index contributed by atoms with van der Waals surface area (Å²) in [4.78, 5) is 38.3. The van der Waals surface area contributed by atoms with Crippen LogP contribution in [0.3, 0.4) is 0 Å². The molecule has 2 amide bonds. The van der Waals surface area contributed by atoms with E-state index in [1.807, 2.05) is 13.0 Å². The molecule has 0 radical (unpaired) electrons. The molecule has 0 aliphatic carbocycles. The van der Waals surface area contributed by atoms with E-state index in [0.29, 0.717) is 48.9 Å². The Bertz CT molecular complexity index is 1000. The molecule has 9 nitrogen and oxygen atoms in total. The van der Waals surface area contributed by atoms with Crippen LogP contribution in [0.25, 0.3) is 0 Å². The van der Waals surface area contributed by atoms with Crippen LogP contribution in [-0.2, 0) is 4.74 Å². The Hall–Kier alpha value is -3.46. The summed E-state index contributed by atoms with van der Waals surface area (Å²) in [6.07, 6.45) is 2.84. The average Bonchev–Trinajstić information content (AvgIpc) is 2.84. The summed E-state index contributed by atoms with van der Waals surface area (Å²) in [5, 5.41) is 16.6. The number of carbonyl (C=O) groups is 2. The van der Waals surface area contributed by atoms with Gasteiger partial charge in [0, 0.05) is 61.9 Å². The second-order valence-corrected chi connectivity index (χ2v) is 8.47. The highest BCUT2D eigenvalue weighted by Crippen LogP contribution is 2.29. The molecule has 2 N–H and O–H groups in total. The number of hydrogen-bond acceptors (Lipinski definition) is 6. The van der Waals surface area contributed by atoms with Gasteiger partial charge in [0.15, 0.2) is 0 Å². The maximum absolute atomic E-state index is 13.1. The topological polar surface area (TPSA) is 114 Å². The summed E-state index contributed by atoms with van der Waals surface area (Å²) in [6, 6.07) is 10.7. The first-order valence-electron chi connectivity index (χ1n) is 11.7. The Morgan fingerprint density at radius 2 is 1.82 bits per heavy atom. The van der Waals surface area contributed by atoms with Crippen LogP contribution in [0, 0.1) is 16.0 Å². The molecule has 3 rings (SSSR count). The van der Waals surface area contributed by atoms with Gasteiger partial charge in [0.25, 0.3) is 17.5 Å². The molecule has 1 heterocycles. The number of nitrogens with zero attached hydrogens (tertiary/aromatic N) is 2. The van der Waals surface area contributed by atoms with Crippen molar-refractivity contribution < 1.29 is 19.2 Å². The van der Waals surface area contributed by atoms with Gasteiger partial charge >= 0.3 is 0 Å². The number of amides is 2. The zero-order chi connectivity index (χ0) is 24.5. The third-order valence-corrected chi connectivity index (χ3v) is 5.92. The number of anilines is 2. The minimum atomic E-state index is -0.513. The fourth-order valence-corrected chi connectivity index (χ4v) is 3.87. The number of piperidine rings is 1. The number of nitro benzene ring substituents is 1. The minimum Gasteiger partial charge on any atom is -0.382 e.